The summed E-state index contributed by atoms with van der Waals surface area (Å²) in [6, 6.07) is 7.55. The largest absolute Gasteiger partial charge is 0.512 e. The Kier molecular flexibility index (Phi) is 5.75. The van der Waals surface area contributed by atoms with Gasteiger partial charge in [0.25, 0.3) is 0 Å². The van der Waals surface area contributed by atoms with E-state index in [9.17, 15) is 14.4 Å². The summed E-state index contributed by atoms with van der Waals surface area (Å²) in [6.07, 6.45) is -0.833. The molecule has 1 heterocycles. The molecule has 0 radical (unpaired) electrons. The second kappa shape index (κ2) is 7.97. The van der Waals surface area contributed by atoms with Crippen molar-refractivity contribution >= 4 is 29.2 Å². The molecule has 0 aliphatic heterocycles. The third kappa shape index (κ3) is 5.08. The smallest absolute Gasteiger partial charge is 0.502 e. The number of carbonyl (C=O) groups excluding carboxylic acids is 1. The van der Waals surface area contributed by atoms with E-state index in [-0.39, 0.29) is 17.2 Å². The monoisotopic (exact) mass is 364 g/mol. The Morgan fingerprint density at radius 2 is 1.88 bits per heavy atom. The topological polar surface area (TPSA) is 130 Å². The van der Waals surface area contributed by atoms with E-state index in [0.717, 1.165) is 11.3 Å². The molecular formula is C16H12O8S. The number of thiophene rings is 1. The van der Waals surface area contributed by atoms with E-state index in [1.165, 1.54) is 18.2 Å². The van der Waals surface area contributed by atoms with Crippen molar-refractivity contribution in [2.75, 3.05) is 0 Å². The fraction of sp³-hybridized carbons (Fsp3) is 0.0625. The molecule has 0 unspecified atom stereocenters. The molecule has 1 aromatic carbocycles. The minimum Gasteiger partial charge on any atom is -0.502 e. The number of hydrogen-bond acceptors (Lipinski definition) is 7. The van der Waals surface area contributed by atoms with Gasteiger partial charge < -0.3 is 24.8 Å². The molecule has 0 fully saturated rings. The van der Waals surface area contributed by atoms with E-state index >= 15 is 0 Å². The number of aliphatic carboxylic acids is 1. The van der Waals surface area contributed by atoms with Gasteiger partial charge >= 0.3 is 12.1 Å². The van der Waals surface area contributed by atoms with Gasteiger partial charge in [0.2, 0.25) is 5.76 Å². The first kappa shape index (κ1) is 18.0. The van der Waals surface area contributed by atoms with E-state index in [2.05, 4.69) is 4.74 Å². The van der Waals surface area contributed by atoms with Crippen LogP contribution in [-0.2, 0) is 11.4 Å². The lowest BCUT2D eigenvalue weighted by atomic mass is 10.1. The van der Waals surface area contributed by atoms with Crippen LogP contribution in [0.25, 0.3) is 0 Å². The zero-order valence-electron chi connectivity index (χ0n) is 12.5. The van der Waals surface area contributed by atoms with Gasteiger partial charge in [-0.05, 0) is 23.6 Å². The number of hydrogen-bond donors (Lipinski definition) is 3. The summed E-state index contributed by atoms with van der Waals surface area (Å²) in [7, 11) is 0. The van der Waals surface area contributed by atoms with Crippen LogP contribution in [0.1, 0.15) is 15.9 Å². The second-order valence-electron chi connectivity index (χ2n) is 4.62. The average Bonchev–Trinajstić information content (AvgIpc) is 2.99. The van der Waals surface area contributed by atoms with E-state index in [1.54, 1.807) is 17.5 Å². The number of allylic oxidation sites excluding steroid dienone is 1. The summed E-state index contributed by atoms with van der Waals surface area (Å²) >= 11 is 1.10. The molecule has 2 rings (SSSR count). The molecule has 0 aliphatic carbocycles. The predicted octanol–water partition coefficient (Wildman–Crippen LogP) is 3.09. The highest BCUT2D eigenvalue weighted by atomic mass is 32.1. The number of carboxylic acids is 1. The maximum atomic E-state index is 11.9. The first-order valence-electron chi connectivity index (χ1n) is 6.75. The Balaban J connectivity index is 2.08. The molecule has 0 amide bonds. The summed E-state index contributed by atoms with van der Waals surface area (Å²) in [6.45, 7) is 0.0139. The minimum absolute atomic E-state index is 0.0139. The lowest BCUT2D eigenvalue weighted by Gasteiger charge is -2.07. The van der Waals surface area contributed by atoms with E-state index in [0.29, 0.717) is 17.4 Å². The zero-order chi connectivity index (χ0) is 18.4. The Hall–Kier alpha value is -3.33. The van der Waals surface area contributed by atoms with Crippen LogP contribution >= 0.6 is 11.3 Å². The molecule has 0 saturated heterocycles. The first-order chi connectivity index (χ1) is 11.9. The molecule has 0 spiro atoms. The second-order valence-corrected chi connectivity index (χ2v) is 5.50. The fourth-order valence-corrected chi connectivity index (χ4v) is 2.52. The van der Waals surface area contributed by atoms with E-state index in [1.807, 2.05) is 0 Å². The molecule has 0 bridgehead atoms. The van der Waals surface area contributed by atoms with Crippen molar-refractivity contribution in [3.05, 3.63) is 58.7 Å². The van der Waals surface area contributed by atoms with E-state index in [4.69, 9.17) is 20.1 Å². The van der Waals surface area contributed by atoms with Crippen molar-refractivity contribution in [1.29, 1.82) is 0 Å². The summed E-state index contributed by atoms with van der Waals surface area (Å²) in [4.78, 5) is 33.0. The Labute approximate surface area is 145 Å². The predicted molar refractivity (Wildman–Crippen MR) is 86.4 cm³/mol. The maximum absolute atomic E-state index is 11.9. The van der Waals surface area contributed by atoms with Crippen molar-refractivity contribution < 1.29 is 39.2 Å². The molecule has 1 aromatic heterocycles. The summed E-state index contributed by atoms with van der Waals surface area (Å²) in [5.74, 6) is -3.06. The van der Waals surface area contributed by atoms with Gasteiger partial charge in [0, 0.05) is 17.2 Å². The number of carboxylic acid groups (broad SMARTS) is 2. The number of rotatable bonds is 7. The van der Waals surface area contributed by atoms with Crippen LogP contribution in [-0.4, -0.2) is 33.2 Å². The van der Waals surface area contributed by atoms with Crippen LogP contribution in [0, 0.1) is 0 Å². The summed E-state index contributed by atoms with van der Waals surface area (Å²) in [5, 5.41) is 28.1. The van der Waals surface area contributed by atoms with Crippen molar-refractivity contribution in [3.63, 3.8) is 0 Å². The van der Waals surface area contributed by atoms with Crippen molar-refractivity contribution in [2.45, 2.75) is 6.61 Å². The standard InChI is InChI=1S/C16H12O8S/c17-12(7-13(18)14(19)20)9-2-1-3-11(6-9)23-8-10-4-5-25-15(10)24-16(21)22/h1-7,18H,8H2,(H,19,20)(H,21,22)/b13-7-. The Morgan fingerprint density at radius 1 is 1.12 bits per heavy atom. The molecule has 2 aromatic rings. The highest BCUT2D eigenvalue weighted by Crippen LogP contribution is 2.27. The third-order valence-electron chi connectivity index (χ3n) is 2.89. The lowest BCUT2D eigenvalue weighted by Crippen LogP contribution is -2.05. The van der Waals surface area contributed by atoms with Gasteiger partial charge in [-0.1, -0.05) is 12.1 Å². The van der Waals surface area contributed by atoms with Gasteiger partial charge in [0.05, 0.1) is 0 Å². The van der Waals surface area contributed by atoms with E-state index < -0.39 is 23.7 Å². The zero-order valence-corrected chi connectivity index (χ0v) is 13.4. The molecule has 0 aliphatic rings. The number of ketones is 1. The number of aliphatic hydroxyl groups is 1. The Bertz CT molecular complexity index is 836. The number of aliphatic hydroxyl groups excluding tert-OH is 1. The van der Waals surface area contributed by atoms with Gasteiger partial charge in [-0.25, -0.2) is 9.59 Å². The first-order valence-corrected chi connectivity index (χ1v) is 7.63. The molecular weight excluding hydrogens is 352 g/mol. The average molecular weight is 364 g/mol. The SMILES string of the molecule is O=C(O)Oc1sccc1COc1cccc(C(=O)/C=C(\O)C(=O)O)c1. The molecule has 0 saturated carbocycles. The van der Waals surface area contributed by atoms with Gasteiger partial charge in [0.1, 0.15) is 12.4 Å². The fourth-order valence-electron chi connectivity index (χ4n) is 1.77. The third-order valence-corrected chi connectivity index (χ3v) is 3.72. The molecule has 3 N–H and O–H groups in total. The maximum Gasteiger partial charge on any atom is 0.512 e. The van der Waals surface area contributed by atoms with Crippen LogP contribution in [0.4, 0.5) is 4.79 Å². The van der Waals surface area contributed by atoms with Crippen LogP contribution < -0.4 is 9.47 Å². The molecule has 8 nitrogen and oxygen atoms in total. The molecule has 130 valence electrons. The van der Waals surface area contributed by atoms with Gasteiger partial charge in [-0.15, -0.1) is 11.3 Å². The van der Waals surface area contributed by atoms with Crippen molar-refractivity contribution in [3.8, 4) is 10.8 Å². The van der Waals surface area contributed by atoms with Crippen LogP contribution in [0.5, 0.6) is 10.8 Å². The van der Waals surface area contributed by atoms with Gasteiger partial charge in [-0.3, -0.25) is 4.79 Å². The van der Waals surface area contributed by atoms with Gasteiger partial charge in [-0.2, -0.15) is 0 Å². The summed E-state index contributed by atoms with van der Waals surface area (Å²) < 4.78 is 10.1. The normalized spacial score (nSPS) is 11.0. The van der Waals surface area contributed by atoms with Crippen LogP contribution in [0.3, 0.4) is 0 Å². The number of carbonyl (C=O) groups is 3. The van der Waals surface area contributed by atoms with Crippen LogP contribution in [0.2, 0.25) is 0 Å². The lowest BCUT2D eigenvalue weighted by molar-refractivity contribution is -0.135. The van der Waals surface area contributed by atoms with Crippen molar-refractivity contribution in [2.24, 2.45) is 0 Å². The quantitative estimate of drug-likeness (QED) is 0.296. The number of ether oxygens (including phenoxy) is 2. The van der Waals surface area contributed by atoms with Gasteiger partial charge in [0.15, 0.2) is 10.8 Å². The highest BCUT2D eigenvalue weighted by Gasteiger charge is 2.12. The molecule has 25 heavy (non-hydrogen) atoms. The minimum atomic E-state index is -1.61. The highest BCUT2D eigenvalue weighted by molar-refractivity contribution is 7.12. The van der Waals surface area contributed by atoms with Crippen molar-refractivity contribution in [1.82, 2.24) is 0 Å². The molecule has 9 heteroatoms. The Morgan fingerprint density at radius 3 is 2.56 bits per heavy atom. The van der Waals surface area contributed by atoms with Crippen LogP contribution in [0.15, 0.2) is 47.5 Å². The molecule has 0 atom stereocenters. The number of benzene rings is 1. The summed E-state index contributed by atoms with van der Waals surface area (Å²) in [5.41, 5.74) is 0.644.